The molecule has 122 valence electrons. The Morgan fingerprint density at radius 2 is 2.23 bits per heavy atom. The summed E-state index contributed by atoms with van der Waals surface area (Å²) in [4.78, 5) is 39.3. The third-order valence-electron chi connectivity index (χ3n) is 2.90. The number of hydrogen-bond donors (Lipinski definition) is 5. The van der Waals surface area contributed by atoms with E-state index in [9.17, 15) is 9.36 Å². The Morgan fingerprint density at radius 3 is 2.86 bits per heavy atom. The van der Waals surface area contributed by atoms with E-state index in [1.807, 2.05) is 0 Å². The van der Waals surface area contributed by atoms with Crippen LogP contribution in [0, 0.1) is 0 Å². The first-order valence-corrected chi connectivity index (χ1v) is 8.07. The van der Waals surface area contributed by atoms with Crippen molar-refractivity contribution in [2.45, 2.75) is 19.3 Å². The molecule has 2 aromatic rings. The minimum Gasteiger partial charge on any atom is -0.394 e. The van der Waals surface area contributed by atoms with Crippen LogP contribution in [0.25, 0.3) is 11.2 Å². The number of nitrogen functional groups attached to an aromatic ring is 1. The number of imidazole rings is 1. The number of nitrogens with zero attached hydrogens (tertiary/aromatic N) is 3. The summed E-state index contributed by atoms with van der Waals surface area (Å²) in [6.07, 6.45) is 0.182. The SMILES string of the molecule is Nc1nc(=O)c2ncn(COC(CO)CCP(=O)(O)O)c2[nH]1. The summed E-state index contributed by atoms with van der Waals surface area (Å²) in [5, 5.41) is 9.16. The molecule has 22 heavy (non-hydrogen) atoms. The van der Waals surface area contributed by atoms with Gasteiger partial charge in [-0.25, -0.2) is 4.98 Å². The molecule has 0 bridgehead atoms. The second-order valence-corrected chi connectivity index (χ2v) is 6.39. The number of aliphatic hydroxyl groups excluding tert-OH is 1. The lowest BCUT2D eigenvalue weighted by Gasteiger charge is -2.16. The summed E-state index contributed by atoms with van der Waals surface area (Å²) in [7, 11) is -4.15. The summed E-state index contributed by atoms with van der Waals surface area (Å²) >= 11 is 0. The van der Waals surface area contributed by atoms with E-state index >= 15 is 0 Å². The number of fused-ring (bicyclic) bond motifs is 1. The van der Waals surface area contributed by atoms with Crippen molar-refractivity contribution in [1.82, 2.24) is 19.5 Å². The molecule has 0 aliphatic heterocycles. The second-order valence-electron chi connectivity index (χ2n) is 4.62. The fourth-order valence-electron chi connectivity index (χ4n) is 1.80. The van der Waals surface area contributed by atoms with Gasteiger partial charge in [-0.2, -0.15) is 4.98 Å². The van der Waals surface area contributed by atoms with Crippen LogP contribution in [0.15, 0.2) is 11.1 Å². The quantitative estimate of drug-likeness (QED) is 0.381. The van der Waals surface area contributed by atoms with Crippen LogP contribution in [0.4, 0.5) is 5.95 Å². The molecule has 2 heterocycles. The van der Waals surface area contributed by atoms with E-state index in [1.54, 1.807) is 0 Å². The number of aliphatic hydroxyl groups is 1. The third kappa shape index (κ3) is 4.12. The molecule has 0 fully saturated rings. The van der Waals surface area contributed by atoms with Gasteiger partial charge in [-0.1, -0.05) is 0 Å². The molecule has 1 atom stereocenters. The van der Waals surface area contributed by atoms with E-state index in [1.165, 1.54) is 10.9 Å². The highest BCUT2D eigenvalue weighted by Gasteiger charge is 2.18. The molecule has 0 spiro atoms. The van der Waals surface area contributed by atoms with Gasteiger partial charge in [0.25, 0.3) is 0 Å². The van der Waals surface area contributed by atoms with E-state index in [2.05, 4.69) is 15.0 Å². The van der Waals surface area contributed by atoms with E-state index in [4.69, 9.17) is 25.4 Å². The number of H-pyrrole nitrogens is 1. The predicted octanol–water partition coefficient (Wildman–Crippen LogP) is -1.40. The number of nitrogens with one attached hydrogen (secondary N) is 1. The summed E-state index contributed by atoms with van der Waals surface area (Å²) in [5.74, 6) is -0.0699. The molecule has 6 N–H and O–H groups in total. The van der Waals surface area contributed by atoms with Crippen LogP contribution in [0.5, 0.6) is 0 Å². The lowest BCUT2D eigenvalue weighted by atomic mass is 10.3. The van der Waals surface area contributed by atoms with Gasteiger partial charge in [0, 0.05) is 0 Å². The molecular formula is C10H16N5O6P. The third-order valence-corrected chi connectivity index (χ3v) is 3.74. The Morgan fingerprint density at radius 1 is 1.50 bits per heavy atom. The molecule has 0 aromatic carbocycles. The fraction of sp³-hybridized carbons (Fsp3) is 0.500. The lowest BCUT2D eigenvalue weighted by molar-refractivity contribution is -0.0239. The van der Waals surface area contributed by atoms with E-state index in [0.717, 1.165) is 0 Å². The van der Waals surface area contributed by atoms with Crippen molar-refractivity contribution in [2.75, 3.05) is 18.5 Å². The highest BCUT2D eigenvalue weighted by molar-refractivity contribution is 7.51. The minimum atomic E-state index is -4.15. The van der Waals surface area contributed by atoms with Gasteiger partial charge in [0.2, 0.25) is 5.95 Å². The first-order valence-electron chi connectivity index (χ1n) is 6.28. The number of aromatic amines is 1. The molecule has 2 aromatic heterocycles. The fourth-order valence-corrected chi connectivity index (χ4v) is 2.43. The Labute approximate surface area is 123 Å². The summed E-state index contributed by atoms with van der Waals surface area (Å²) in [5.41, 5.74) is 5.28. The van der Waals surface area contributed by atoms with Gasteiger partial charge >= 0.3 is 13.2 Å². The molecule has 11 nitrogen and oxygen atoms in total. The monoisotopic (exact) mass is 333 g/mol. The van der Waals surface area contributed by atoms with Crippen LogP contribution < -0.4 is 11.3 Å². The van der Waals surface area contributed by atoms with Crippen molar-refractivity contribution in [3.05, 3.63) is 16.7 Å². The molecule has 0 saturated carbocycles. The van der Waals surface area contributed by atoms with Gasteiger partial charge in [0.1, 0.15) is 12.4 Å². The van der Waals surface area contributed by atoms with Gasteiger partial charge in [-0.15, -0.1) is 0 Å². The molecule has 0 radical (unpaired) electrons. The van der Waals surface area contributed by atoms with Crippen molar-refractivity contribution < 1.29 is 24.2 Å². The Hall–Kier alpha value is -1.78. The van der Waals surface area contributed by atoms with Crippen molar-refractivity contribution >= 4 is 24.7 Å². The maximum Gasteiger partial charge on any atom is 0.325 e. The van der Waals surface area contributed by atoms with Crippen LogP contribution in [0.3, 0.4) is 0 Å². The largest absolute Gasteiger partial charge is 0.394 e. The number of rotatable bonds is 7. The second kappa shape index (κ2) is 6.55. The topological polar surface area (TPSA) is 177 Å². The zero-order valence-corrected chi connectivity index (χ0v) is 12.3. The standard InChI is InChI=1S/C10H16N5O6P/c11-10-13-8-7(9(17)14-10)12-4-15(8)5-21-6(3-16)1-2-22(18,19)20/h4,6,16H,1-3,5H2,(H2,18,19,20)(H3,11,13,14,17). The predicted molar refractivity (Wildman–Crippen MR) is 76.0 cm³/mol. The molecule has 1 unspecified atom stereocenters. The van der Waals surface area contributed by atoms with Gasteiger partial charge in [-0.05, 0) is 6.42 Å². The minimum absolute atomic E-state index is 0.00633. The van der Waals surface area contributed by atoms with Gasteiger partial charge < -0.3 is 30.3 Å². The maximum absolute atomic E-state index is 11.6. The normalized spacial score (nSPS) is 13.6. The maximum atomic E-state index is 11.6. The molecule has 0 saturated heterocycles. The van der Waals surface area contributed by atoms with Crippen molar-refractivity contribution in [2.24, 2.45) is 0 Å². The summed E-state index contributed by atoms with van der Waals surface area (Å²) < 4.78 is 17.6. The lowest BCUT2D eigenvalue weighted by Crippen LogP contribution is -2.21. The smallest absolute Gasteiger partial charge is 0.325 e. The number of nitrogens with two attached hydrogens (primary N) is 1. The zero-order valence-electron chi connectivity index (χ0n) is 11.4. The average Bonchev–Trinajstić information content (AvgIpc) is 2.81. The van der Waals surface area contributed by atoms with E-state index in [0.29, 0.717) is 5.65 Å². The number of anilines is 1. The van der Waals surface area contributed by atoms with E-state index in [-0.39, 0.29) is 24.6 Å². The first kappa shape index (κ1) is 16.6. The molecule has 0 aliphatic rings. The Bertz CT molecular complexity index is 752. The molecule has 12 heteroatoms. The molecule has 0 amide bonds. The van der Waals surface area contributed by atoms with Crippen molar-refractivity contribution in [1.29, 1.82) is 0 Å². The van der Waals surface area contributed by atoms with Crippen molar-refractivity contribution in [3.8, 4) is 0 Å². The Kier molecular flexibility index (Phi) is 4.94. The molecule has 0 aliphatic carbocycles. The number of hydrogen-bond acceptors (Lipinski definition) is 7. The van der Waals surface area contributed by atoms with Gasteiger partial charge in [0.05, 0.1) is 25.2 Å². The average molecular weight is 333 g/mol. The van der Waals surface area contributed by atoms with Crippen LogP contribution >= 0.6 is 7.60 Å². The number of ether oxygens (including phenoxy) is 1. The summed E-state index contributed by atoms with van der Waals surface area (Å²) in [6.45, 7) is -0.477. The van der Waals surface area contributed by atoms with Crippen molar-refractivity contribution in [3.63, 3.8) is 0 Å². The zero-order chi connectivity index (χ0) is 16.3. The first-order chi connectivity index (χ1) is 10.3. The highest BCUT2D eigenvalue weighted by Crippen LogP contribution is 2.35. The highest BCUT2D eigenvalue weighted by atomic mass is 31.2. The number of aromatic nitrogens is 4. The van der Waals surface area contributed by atoms with Crippen LogP contribution in [-0.4, -0.2) is 53.3 Å². The summed E-state index contributed by atoms with van der Waals surface area (Å²) in [6, 6.07) is 0. The van der Waals surface area contributed by atoms with Crippen LogP contribution in [-0.2, 0) is 16.0 Å². The van der Waals surface area contributed by atoms with Gasteiger partial charge in [-0.3, -0.25) is 13.9 Å². The molecular weight excluding hydrogens is 317 g/mol. The Balaban J connectivity index is 2.07. The van der Waals surface area contributed by atoms with E-state index < -0.39 is 32.0 Å². The van der Waals surface area contributed by atoms with Gasteiger partial charge in [0.15, 0.2) is 5.52 Å². The van der Waals surface area contributed by atoms with Crippen LogP contribution in [0.1, 0.15) is 6.42 Å². The molecule has 2 rings (SSSR count). The van der Waals surface area contributed by atoms with Crippen LogP contribution in [0.2, 0.25) is 0 Å².